The third-order valence-electron chi connectivity index (χ3n) is 6.36. The van der Waals surface area contributed by atoms with E-state index in [-0.39, 0.29) is 18.4 Å². The van der Waals surface area contributed by atoms with Gasteiger partial charge in [-0.25, -0.2) is 0 Å². The van der Waals surface area contributed by atoms with E-state index < -0.39 is 0 Å². The van der Waals surface area contributed by atoms with E-state index in [1.54, 1.807) is 4.90 Å². The Morgan fingerprint density at radius 3 is 2.26 bits per heavy atom. The first-order valence-electron chi connectivity index (χ1n) is 12.2. The highest BCUT2D eigenvalue weighted by molar-refractivity contribution is 6.00. The molecule has 0 saturated heterocycles. The van der Waals surface area contributed by atoms with Crippen molar-refractivity contribution < 1.29 is 9.59 Å². The minimum atomic E-state index is -0.101. The zero-order valence-electron chi connectivity index (χ0n) is 20.6. The van der Waals surface area contributed by atoms with Gasteiger partial charge in [-0.2, -0.15) is 0 Å². The van der Waals surface area contributed by atoms with E-state index in [1.807, 2.05) is 108 Å². The lowest BCUT2D eigenvalue weighted by Crippen LogP contribution is -2.43. The van der Waals surface area contributed by atoms with Gasteiger partial charge in [-0.15, -0.1) is 0 Å². The van der Waals surface area contributed by atoms with Gasteiger partial charge in [0.2, 0.25) is 5.91 Å². The summed E-state index contributed by atoms with van der Waals surface area (Å²) in [5.74, 6) is -0.156. The maximum atomic E-state index is 13.6. The maximum absolute atomic E-state index is 13.6. The molecule has 1 heterocycles. The van der Waals surface area contributed by atoms with Crippen LogP contribution in [-0.4, -0.2) is 39.3 Å². The molecule has 0 atom stereocenters. The Labute approximate surface area is 207 Å². The van der Waals surface area contributed by atoms with Gasteiger partial charge in [0.1, 0.15) is 6.54 Å². The summed E-state index contributed by atoms with van der Waals surface area (Å²) in [7, 11) is 1.98. The molecule has 1 aromatic heterocycles. The van der Waals surface area contributed by atoms with Gasteiger partial charge in [0.15, 0.2) is 0 Å². The first-order valence-corrected chi connectivity index (χ1v) is 12.2. The number of unbranched alkanes of at least 4 members (excludes halogenated alkanes) is 1. The van der Waals surface area contributed by atoms with E-state index in [9.17, 15) is 9.59 Å². The van der Waals surface area contributed by atoms with Crippen molar-refractivity contribution in [3.05, 3.63) is 108 Å². The lowest BCUT2D eigenvalue weighted by atomic mass is 10.1. The third-order valence-corrected chi connectivity index (χ3v) is 6.36. The topological polar surface area (TPSA) is 45.6 Å². The molecule has 0 aliphatic rings. The van der Waals surface area contributed by atoms with Crippen LogP contribution in [0.4, 0.5) is 0 Å². The number of aromatic nitrogens is 1. The molecule has 0 saturated carbocycles. The van der Waals surface area contributed by atoms with Gasteiger partial charge in [-0.3, -0.25) is 9.59 Å². The molecule has 0 N–H and O–H groups in total. The second-order valence-corrected chi connectivity index (χ2v) is 8.99. The Bertz CT molecular complexity index is 1280. The van der Waals surface area contributed by atoms with Crippen LogP contribution < -0.4 is 0 Å². The average Bonchev–Trinajstić information content (AvgIpc) is 3.30. The Kier molecular flexibility index (Phi) is 7.99. The summed E-state index contributed by atoms with van der Waals surface area (Å²) in [5.41, 5.74) is 2.73. The van der Waals surface area contributed by atoms with Crippen LogP contribution in [0.25, 0.3) is 10.8 Å². The minimum Gasteiger partial charge on any atom is -0.353 e. The molecular weight excluding hydrogens is 434 g/mol. The highest BCUT2D eigenvalue weighted by Gasteiger charge is 2.23. The van der Waals surface area contributed by atoms with E-state index in [0.29, 0.717) is 25.2 Å². The van der Waals surface area contributed by atoms with E-state index in [1.165, 1.54) is 0 Å². The van der Waals surface area contributed by atoms with Gasteiger partial charge in [-0.05, 0) is 47.0 Å². The number of carbonyl (C=O) groups excluding carboxylic acids is 2. The van der Waals surface area contributed by atoms with Crippen molar-refractivity contribution in [1.82, 2.24) is 14.4 Å². The standard InChI is InChI=1S/C30H33N3O2/c1-3-4-19-32(30(35)27-17-16-25-13-8-9-14-26(25)20-27)23-29(34)33(21-24-11-6-5-7-12-24)22-28-15-10-18-31(28)2/h5-18,20H,3-4,19,21-23H2,1-2H3. The first-order chi connectivity index (χ1) is 17.0. The fourth-order valence-electron chi connectivity index (χ4n) is 4.26. The lowest BCUT2D eigenvalue weighted by Gasteiger charge is -2.28. The van der Waals surface area contributed by atoms with Crippen LogP contribution in [0.5, 0.6) is 0 Å². The van der Waals surface area contributed by atoms with Crippen LogP contribution in [0, 0.1) is 0 Å². The van der Waals surface area contributed by atoms with Crippen molar-refractivity contribution in [1.29, 1.82) is 0 Å². The number of carbonyl (C=O) groups is 2. The summed E-state index contributed by atoms with van der Waals surface area (Å²) in [5, 5.41) is 2.12. The van der Waals surface area contributed by atoms with Crippen LogP contribution >= 0.6 is 0 Å². The number of aryl methyl sites for hydroxylation is 1. The number of fused-ring (bicyclic) bond motifs is 1. The fraction of sp³-hybridized carbons (Fsp3) is 0.267. The molecule has 0 radical (unpaired) electrons. The molecule has 0 spiro atoms. The van der Waals surface area contributed by atoms with Crippen LogP contribution in [0.15, 0.2) is 91.1 Å². The molecule has 0 bridgehead atoms. The molecule has 180 valence electrons. The van der Waals surface area contributed by atoms with Gasteiger partial charge >= 0.3 is 0 Å². The first kappa shape index (κ1) is 24.3. The van der Waals surface area contributed by atoms with E-state index in [0.717, 1.165) is 34.9 Å². The second kappa shape index (κ2) is 11.5. The number of rotatable bonds is 10. The van der Waals surface area contributed by atoms with Crippen molar-refractivity contribution >= 4 is 22.6 Å². The van der Waals surface area contributed by atoms with Crippen molar-refractivity contribution in [3.63, 3.8) is 0 Å². The van der Waals surface area contributed by atoms with Crippen molar-refractivity contribution in [2.75, 3.05) is 13.1 Å². The zero-order valence-corrected chi connectivity index (χ0v) is 20.6. The summed E-state index contributed by atoms with van der Waals surface area (Å²) in [6.45, 7) is 3.69. The van der Waals surface area contributed by atoms with Crippen LogP contribution in [0.1, 0.15) is 41.4 Å². The van der Waals surface area contributed by atoms with Gasteiger partial charge < -0.3 is 14.4 Å². The molecular formula is C30H33N3O2. The molecule has 0 unspecified atom stereocenters. The normalized spacial score (nSPS) is 10.9. The number of amides is 2. The molecule has 4 aromatic rings. The highest BCUT2D eigenvalue weighted by atomic mass is 16.2. The van der Waals surface area contributed by atoms with Gasteiger partial charge in [0, 0.05) is 37.6 Å². The summed E-state index contributed by atoms with van der Waals surface area (Å²) in [6.07, 6.45) is 3.78. The Morgan fingerprint density at radius 2 is 1.54 bits per heavy atom. The molecule has 4 rings (SSSR count). The van der Waals surface area contributed by atoms with Gasteiger partial charge in [-0.1, -0.05) is 74.0 Å². The number of hydrogen-bond donors (Lipinski definition) is 0. The Morgan fingerprint density at radius 1 is 0.800 bits per heavy atom. The minimum absolute atomic E-state index is 0.0553. The van der Waals surface area contributed by atoms with E-state index >= 15 is 0 Å². The average molecular weight is 468 g/mol. The molecule has 5 nitrogen and oxygen atoms in total. The van der Waals surface area contributed by atoms with Crippen LogP contribution in [-0.2, 0) is 24.9 Å². The van der Waals surface area contributed by atoms with Crippen molar-refractivity contribution in [3.8, 4) is 0 Å². The Balaban J connectivity index is 1.56. The maximum Gasteiger partial charge on any atom is 0.254 e. The molecule has 0 aliphatic carbocycles. The summed E-state index contributed by atoms with van der Waals surface area (Å²) < 4.78 is 2.03. The summed E-state index contributed by atoms with van der Waals surface area (Å²) in [4.78, 5) is 30.7. The molecule has 3 aromatic carbocycles. The molecule has 0 fully saturated rings. The fourth-order valence-corrected chi connectivity index (χ4v) is 4.26. The largest absolute Gasteiger partial charge is 0.353 e. The zero-order chi connectivity index (χ0) is 24.6. The number of benzene rings is 3. The second-order valence-electron chi connectivity index (χ2n) is 8.99. The molecule has 2 amide bonds. The monoisotopic (exact) mass is 467 g/mol. The van der Waals surface area contributed by atoms with Gasteiger partial charge in [0.05, 0.1) is 6.54 Å². The quantitative estimate of drug-likeness (QED) is 0.303. The SMILES string of the molecule is CCCCN(CC(=O)N(Cc1ccccc1)Cc1cccn1C)C(=O)c1ccc2ccccc2c1. The predicted octanol–water partition coefficient (Wildman–Crippen LogP) is 5.65. The van der Waals surface area contributed by atoms with Crippen molar-refractivity contribution in [2.45, 2.75) is 32.9 Å². The smallest absolute Gasteiger partial charge is 0.254 e. The van der Waals surface area contributed by atoms with Gasteiger partial charge in [0.25, 0.3) is 5.91 Å². The Hall–Kier alpha value is -3.86. The predicted molar refractivity (Wildman–Crippen MR) is 141 cm³/mol. The van der Waals surface area contributed by atoms with Crippen LogP contribution in [0.3, 0.4) is 0 Å². The lowest BCUT2D eigenvalue weighted by molar-refractivity contribution is -0.133. The molecule has 0 aliphatic heterocycles. The summed E-state index contributed by atoms with van der Waals surface area (Å²) in [6, 6.07) is 27.8. The summed E-state index contributed by atoms with van der Waals surface area (Å²) >= 11 is 0. The number of nitrogens with zero attached hydrogens (tertiary/aromatic N) is 3. The third kappa shape index (κ3) is 6.18. The molecule has 35 heavy (non-hydrogen) atoms. The van der Waals surface area contributed by atoms with Crippen LogP contribution in [0.2, 0.25) is 0 Å². The highest BCUT2D eigenvalue weighted by Crippen LogP contribution is 2.18. The van der Waals surface area contributed by atoms with E-state index in [4.69, 9.17) is 0 Å². The number of hydrogen-bond acceptors (Lipinski definition) is 2. The van der Waals surface area contributed by atoms with E-state index in [2.05, 4.69) is 6.92 Å². The van der Waals surface area contributed by atoms with Crippen molar-refractivity contribution in [2.24, 2.45) is 7.05 Å². The molecule has 5 heteroatoms.